The summed E-state index contributed by atoms with van der Waals surface area (Å²) in [5.74, 6) is 0.923. The van der Waals surface area contributed by atoms with Gasteiger partial charge >= 0.3 is 0 Å². The van der Waals surface area contributed by atoms with Gasteiger partial charge in [-0.25, -0.2) is 0 Å². The molecule has 0 saturated carbocycles. The minimum absolute atomic E-state index is 0.0443. The van der Waals surface area contributed by atoms with E-state index in [-0.39, 0.29) is 12.0 Å². The predicted octanol–water partition coefficient (Wildman–Crippen LogP) is 2.35. The first-order chi connectivity index (χ1) is 9.67. The molecule has 1 heterocycles. The molecule has 1 aromatic carbocycles. The van der Waals surface area contributed by atoms with Crippen molar-refractivity contribution in [1.82, 2.24) is 4.90 Å². The van der Waals surface area contributed by atoms with Crippen LogP contribution in [0.25, 0.3) is 5.57 Å². The quantitative estimate of drug-likeness (QED) is 0.846. The van der Waals surface area contributed by atoms with Crippen LogP contribution in [0.15, 0.2) is 30.3 Å². The van der Waals surface area contributed by atoms with Crippen molar-refractivity contribution in [3.05, 3.63) is 35.9 Å². The van der Waals surface area contributed by atoms with Crippen LogP contribution in [0.1, 0.15) is 18.9 Å². The highest BCUT2D eigenvalue weighted by Crippen LogP contribution is 2.30. The highest BCUT2D eigenvalue weighted by Gasteiger charge is 2.23. The van der Waals surface area contributed by atoms with Gasteiger partial charge in [-0.3, -0.25) is 4.79 Å². The molecule has 4 nitrogen and oxygen atoms in total. The van der Waals surface area contributed by atoms with Crippen LogP contribution in [0.4, 0.5) is 0 Å². The fourth-order valence-corrected chi connectivity index (χ4v) is 2.38. The van der Waals surface area contributed by atoms with Crippen molar-refractivity contribution in [3.63, 3.8) is 0 Å². The van der Waals surface area contributed by atoms with Crippen molar-refractivity contribution in [2.24, 2.45) is 0 Å². The van der Waals surface area contributed by atoms with E-state index in [9.17, 15) is 4.79 Å². The average Bonchev–Trinajstić information content (AvgIpc) is 2.53. The standard InChI is InChI=1S/C16H21NO3/c1-12(19-2)16(18)17-10-8-13(9-11-17)14-6-4-5-7-15(14)20-3/h4-8,12H,9-11H2,1-3H3. The largest absolute Gasteiger partial charge is 0.496 e. The number of nitrogens with zero attached hydrogens (tertiary/aromatic N) is 1. The Morgan fingerprint density at radius 2 is 2.05 bits per heavy atom. The lowest BCUT2D eigenvalue weighted by Crippen LogP contribution is -2.41. The van der Waals surface area contributed by atoms with E-state index < -0.39 is 0 Å². The Labute approximate surface area is 120 Å². The van der Waals surface area contributed by atoms with Crippen molar-refractivity contribution in [3.8, 4) is 5.75 Å². The molecule has 0 bridgehead atoms. The Hall–Kier alpha value is -1.81. The molecule has 0 aromatic heterocycles. The first-order valence-corrected chi connectivity index (χ1v) is 6.81. The van der Waals surface area contributed by atoms with Gasteiger partial charge < -0.3 is 14.4 Å². The molecular weight excluding hydrogens is 254 g/mol. The highest BCUT2D eigenvalue weighted by molar-refractivity contribution is 5.82. The Bertz CT molecular complexity index is 510. The van der Waals surface area contributed by atoms with E-state index in [1.807, 2.05) is 23.1 Å². The van der Waals surface area contributed by atoms with Crippen LogP contribution in [0, 0.1) is 0 Å². The SMILES string of the molecule is COc1ccccc1C1=CCN(C(=O)C(C)OC)CC1. The van der Waals surface area contributed by atoms with Gasteiger partial charge in [0.2, 0.25) is 0 Å². The normalized spacial score (nSPS) is 16.6. The van der Waals surface area contributed by atoms with Gasteiger partial charge in [0.05, 0.1) is 7.11 Å². The molecule has 0 fully saturated rings. The molecule has 1 amide bonds. The van der Waals surface area contributed by atoms with Gasteiger partial charge in [-0.05, 0) is 25.0 Å². The molecule has 0 spiro atoms. The van der Waals surface area contributed by atoms with Crippen molar-refractivity contribution in [2.75, 3.05) is 27.3 Å². The van der Waals surface area contributed by atoms with E-state index in [1.165, 1.54) is 5.57 Å². The number of hydrogen-bond donors (Lipinski definition) is 0. The van der Waals surface area contributed by atoms with Crippen molar-refractivity contribution >= 4 is 11.5 Å². The summed E-state index contributed by atoms with van der Waals surface area (Å²) in [5.41, 5.74) is 2.35. The van der Waals surface area contributed by atoms with E-state index >= 15 is 0 Å². The van der Waals surface area contributed by atoms with Gasteiger partial charge in [0.1, 0.15) is 11.9 Å². The van der Waals surface area contributed by atoms with Crippen molar-refractivity contribution in [1.29, 1.82) is 0 Å². The van der Waals surface area contributed by atoms with Crippen LogP contribution in [-0.2, 0) is 9.53 Å². The minimum atomic E-state index is -0.379. The van der Waals surface area contributed by atoms with Crippen molar-refractivity contribution in [2.45, 2.75) is 19.4 Å². The van der Waals surface area contributed by atoms with Gasteiger partial charge in [0.15, 0.2) is 0 Å². The topological polar surface area (TPSA) is 38.8 Å². The summed E-state index contributed by atoms with van der Waals surface area (Å²) in [7, 11) is 3.24. The van der Waals surface area contributed by atoms with Crippen LogP contribution >= 0.6 is 0 Å². The Kier molecular flexibility index (Phi) is 4.79. The lowest BCUT2D eigenvalue weighted by molar-refractivity contribution is -0.140. The van der Waals surface area contributed by atoms with E-state index in [2.05, 4.69) is 12.1 Å². The second kappa shape index (κ2) is 6.57. The Morgan fingerprint density at radius 3 is 2.65 bits per heavy atom. The predicted molar refractivity (Wildman–Crippen MR) is 78.6 cm³/mol. The molecule has 0 saturated heterocycles. The van der Waals surface area contributed by atoms with Gasteiger partial charge in [0.25, 0.3) is 5.91 Å². The van der Waals surface area contributed by atoms with Crippen LogP contribution in [0.5, 0.6) is 5.75 Å². The van der Waals surface area contributed by atoms with Crippen LogP contribution in [0.3, 0.4) is 0 Å². The molecule has 1 aliphatic heterocycles. The number of carbonyl (C=O) groups is 1. The molecule has 0 radical (unpaired) electrons. The van der Waals surface area contributed by atoms with E-state index in [1.54, 1.807) is 21.1 Å². The monoisotopic (exact) mass is 275 g/mol. The zero-order chi connectivity index (χ0) is 14.5. The van der Waals surface area contributed by atoms with Crippen LogP contribution < -0.4 is 4.74 Å². The van der Waals surface area contributed by atoms with E-state index in [0.717, 1.165) is 24.3 Å². The molecule has 20 heavy (non-hydrogen) atoms. The van der Waals surface area contributed by atoms with Gasteiger partial charge in [-0.15, -0.1) is 0 Å². The summed E-state index contributed by atoms with van der Waals surface area (Å²) >= 11 is 0. The zero-order valence-electron chi connectivity index (χ0n) is 12.3. The molecule has 1 aliphatic rings. The summed E-state index contributed by atoms with van der Waals surface area (Å²) in [6.45, 7) is 3.12. The number of para-hydroxylation sites is 1. The number of benzene rings is 1. The summed E-state index contributed by atoms with van der Waals surface area (Å²) in [5, 5.41) is 0. The number of amides is 1. The van der Waals surface area contributed by atoms with Gasteiger partial charge in [0, 0.05) is 25.8 Å². The number of carbonyl (C=O) groups excluding carboxylic acids is 1. The fourth-order valence-electron chi connectivity index (χ4n) is 2.38. The summed E-state index contributed by atoms with van der Waals surface area (Å²) in [6.07, 6.45) is 2.56. The van der Waals surface area contributed by atoms with Gasteiger partial charge in [-0.1, -0.05) is 24.3 Å². The summed E-state index contributed by atoms with van der Waals surface area (Å²) in [4.78, 5) is 13.9. The number of ether oxygens (including phenoxy) is 2. The Balaban J connectivity index is 2.11. The summed E-state index contributed by atoms with van der Waals surface area (Å²) < 4.78 is 10.5. The van der Waals surface area contributed by atoms with Gasteiger partial charge in [-0.2, -0.15) is 0 Å². The van der Waals surface area contributed by atoms with Crippen molar-refractivity contribution < 1.29 is 14.3 Å². The first-order valence-electron chi connectivity index (χ1n) is 6.81. The zero-order valence-corrected chi connectivity index (χ0v) is 12.3. The smallest absolute Gasteiger partial charge is 0.251 e. The number of hydrogen-bond acceptors (Lipinski definition) is 3. The fraction of sp³-hybridized carbons (Fsp3) is 0.438. The minimum Gasteiger partial charge on any atom is -0.496 e. The van der Waals surface area contributed by atoms with E-state index in [4.69, 9.17) is 9.47 Å². The maximum absolute atomic E-state index is 12.0. The third-order valence-electron chi connectivity index (χ3n) is 3.68. The second-order valence-electron chi connectivity index (χ2n) is 4.84. The molecule has 0 aliphatic carbocycles. The highest BCUT2D eigenvalue weighted by atomic mass is 16.5. The average molecular weight is 275 g/mol. The first kappa shape index (κ1) is 14.6. The number of methoxy groups -OCH3 is 2. The Morgan fingerprint density at radius 1 is 1.30 bits per heavy atom. The molecule has 108 valence electrons. The molecule has 1 aromatic rings. The van der Waals surface area contributed by atoms with Crippen LogP contribution in [-0.4, -0.2) is 44.2 Å². The lowest BCUT2D eigenvalue weighted by atomic mass is 9.98. The maximum Gasteiger partial charge on any atom is 0.251 e. The second-order valence-corrected chi connectivity index (χ2v) is 4.84. The molecular formula is C16H21NO3. The molecule has 1 atom stereocenters. The molecule has 0 N–H and O–H groups in total. The third-order valence-corrected chi connectivity index (χ3v) is 3.68. The van der Waals surface area contributed by atoms with E-state index in [0.29, 0.717) is 6.54 Å². The molecule has 4 heteroatoms. The van der Waals surface area contributed by atoms with Crippen LogP contribution in [0.2, 0.25) is 0 Å². The molecule has 2 rings (SSSR count). The number of rotatable bonds is 4. The maximum atomic E-state index is 12.0. The molecule has 1 unspecified atom stereocenters. The third kappa shape index (κ3) is 3.02. The lowest BCUT2D eigenvalue weighted by Gasteiger charge is -2.28. The summed E-state index contributed by atoms with van der Waals surface area (Å²) in [6, 6.07) is 7.98.